The number of hydrogen-bond donors (Lipinski definition) is 1. The maximum Gasteiger partial charge on any atom is 0.255 e. The molecule has 4 heteroatoms. The molecule has 1 aliphatic rings. The van der Waals surface area contributed by atoms with Gasteiger partial charge in [0.25, 0.3) is 5.22 Å². The van der Waals surface area contributed by atoms with Gasteiger partial charge in [-0.15, -0.1) is 0 Å². The minimum absolute atomic E-state index is 0.586. The fourth-order valence-corrected chi connectivity index (χ4v) is 4.37. The summed E-state index contributed by atoms with van der Waals surface area (Å²) >= 11 is 1.83. The monoisotopic (exact) mass is 310 g/mol. The number of aromatic nitrogens is 1. The van der Waals surface area contributed by atoms with Crippen LogP contribution in [0.4, 0.5) is 0 Å². The average molecular weight is 311 g/mol. The van der Waals surface area contributed by atoms with Gasteiger partial charge >= 0.3 is 0 Å². The summed E-state index contributed by atoms with van der Waals surface area (Å²) in [6.07, 6.45) is 17.1. The molecule has 1 N–H and O–H groups in total. The first-order valence-corrected chi connectivity index (χ1v) is 9.57. The van der Waals surface area contributed by atoms with E-state index in [1.54, 1.807) is 12.5 Å². The number of nitrogens with zero attached hydrogens (tertiary/aromatic N) is 1. The first-order chi connectivity index (χ1) is 10.4. The molecule has 2 rings (SSSR count). The van der Waals surface area contributed by atoms with Crippen molar-refractivity contribution in [1.29, 1.82) is 0 Å². The lowest BCUT2D eigenvalue weighted by atomic mass is 9.97. The third-order valence-electron chi connectivity index (χ3n) is 4.33. The normalized spacial score (nSPS) is 26.0. The summed E-state index contributed by atoms with van der Waals surface area (Å²) in [7, 11) is 0. The molecule has 0 aromatic carbocycles. The van der Waals surface area contributed by atoms with Crippen LogP contribution in [-0.4, -0.2) is 22.8 Å². The smallest absolute Gasteiger partial charge is 0.255 e. The van der Waals surface area contributed by atoms with Gasteiger partial charge in [-0.1, -0.05) is 70.1 Å². The fourth-order valence-electron chi connectivity index (χ4n) is 3.19. The summed E-state index contributed by atoms with van der Waals surface area (Å²) in [4.78, 5) is 4.30. The number of nitrogens with one attached hydrogen (secondary N) is 1. The Hall–Kier alpha value is -0.480. The van der Waals surface area contributed by atoms with Gasteiger partial charge in [0.15, 0.2) is 0 Å². The van der Waals surface area contributed by atoms with Gasteiger partial charge in [0, 0.05) is 11.3 Å². The van der Waals surface area contributed by atoms with Crippen LogP contribution in [0.25, 0.3) is 0 Å². The Morgan fingerprint density at radius 3 is 2.38 bits per heavy atom. The highest BCUT2D eigenvalue weighted by Gasteiger charge is 2.23. The summed E-state index contributed by atoms with van der Waals surface area (Å²) < 4.78 is 5.46. The van der Waals surface area contributed by atoms with E-state index in [4.69, 9.17) is 4.42 Å². The van der Waals surface area contributed by atoms with Crippen molar-refractivity contribution in [2.45, 2.75) is 87.6 Å². The summed E-state index contributed by atoms with van der Waals surface area (Å²) in [6, 6.07) is 0.589. The van der Waals surface area contributed by atoms with Crippen molar-refractivity contribution in [3.63, 3.8) is 0 Å². The molecule has 1 aromatic heterocycles. The quantitative estimate of drug-likeness (QED) is 0.846. The predicted molar refractivity (Wildman–Crippen MR) is 89.8 cm³/mol. The Morgan fingerprint density at radius 1 is 1.10 bits per heavy atom. The van der Waals surface area contributed by atoms with Crippen LogP contribution in [0.3, 0.4) is 0 Å². The maximum absolute atomic E-state index is 5.46. The molecule has 1 saturated carbocycles. The Bertz CT molecular complexity index is 356. The summed E-state index contributed by atoms with van der Waals surface area (Å²) in [5.41, 5.74) is 0. The van der Waals surface area contributed by atoms with Crippen LogP contribution in [0, 0.1) is 0 Å². The van der Waals surface area contributed by atoms with Crippen LogP contribution < -0.4 is 5.32 Å². The first-order valence-electron chi connectivity index (χ1n) is 8.69. The van der Waals surface area contributed by atoms with Crippen molar-refractivity contribution in [2.24, 2.45) is 0 Å². The minimum atomic E-state index is 0.586. The van der Waals surface area contributed by atoms with Crippen molar-refractivity contribution in [2.75, 3.05) is 6.54 Å². The lowest BCUT2D eigenvalue weighted by Crippen LogP contribution is -2.38. The van der Waals surface area contributed by atoms with E-state index in [0.29, 0.717) is 11.3 Å². The maximum atomic E-state index is 5.46. The highest BCUT2D eigenvalue weighted by atomic mass is 32.2. The molecule has 1 fully saturated rings. The van der Waals surface area contributed by atoms with Gasteiger partial charge < -0.3 is 9.73 Å². The molecule has 0 aliphatic heterocycles. The van der Waals surface area contributed by atoms with Gasteiger partial charge in [0.1, 0.15) is 6.26 Å². The Morgan fingerprint density at radius 2 is 1.76 bits per heavy atom. The van der Waals surface area contributed by atoms with Crippen LogP contribution in [-0.2, 0) is 0 Å². The summed E-state index contributed by atoms with van der Waals surface area (Å²) in [6.45, 7) is 3.26. The number of hydrogen-bond acceptors (Lipinski definition) is 4. The van der Waals surface area contributed by atoms with Gasteiger partial charge in [0.05, 0.1) is 6.20 Å². The molecule has 1 aromatic rings. The van der Waals surface area contributed by atoms with Gasteiger partial charge in [-0.3, -0.25) is 0 Å². The Kier molecular flexibility index (Phi) is 8.26. The topological polar surface area (TPSA) is 38.1 Å². The average Bonchev–Trinajstić information content (AvgIpc) is 2.98. The van der Waals surface area contributed by atoms with E-state index in [2.05, 4.69) is 17.2 Å². The molecule has 2 unspecified atom stereocenters. The Labute approximate surface area is 133 Å². The highest BCUT2D eigenvalue weighted by Crippen LogP contribution is 2.30. The molecule has 2 atom stereocenters. The van der Waals surface area contributed by atoms with E-state index < -0.39 is 0 Å². The van der Waals surface area contributed by atoms with E-state index in [-0.39, 0.29) is 0 Å². The van der Waals surface area contributed by atoms with Crippen molar-refractivity contribution in [3.8, 4) is 0 Å². The molecule has 0 bridgehead atoms. The van der Waals surface area contributed by atoms with Crippen molar-refractivity contribution < 1.29 is 4.42 Å². The molecule has 21 heavy (non-hydrogen) atoms. The molecule has 1 aliphatic carbocycles. The van der Waals surface area contributed by atoms with Gasteiger partial charge in [-0.05, 0) is 19.4 Å². The van der Waals surface area contributed by atoms with Crippen LogP contribution in [0.2, 0.25) is 0 Å². The largest absolute Gasteiger partial charge is 0.440 e. The van der Waals surface area contributed by atoms with Crippen molar-refractivity contribution >= 4 is 11.8 Å². The van der Waals surface area contributed by atoms with Gasteiger partial charge in [-0.2, -0.15) is 0 Å². The van der Waals surface area contributed by atoms with E-state index in [1.807, 2.05) is 11.8 Å². The minimum Gasteiger partial charge on any atom is -0.440 e. The van der Waals surface area contributed by atoms with E-state index in [0.717, 1.165) is 11.8 Å². The second-order valence-corrected chi connectivity index (χ2v) is 7.21. The second-order valence-electron chi connectivity index (χ2n) is 6.02. The lowest BCUT2D eigenvalue weighted by Gasteiger charge is -2.27. The molecule has 0 radical (unpaired) electrons. The number of oxazole rings is 1. The van der Waals surface area contributed by atoms with Gasteiger partial charge in [0.2, 0.25) is 0 Å². The first kappa shape index (κ1) is 16.9. The van der Waals surface area contributed by atoms with Crippen molar-refractivity contribution in [3.05, 3.63) is 12.5 Å². The zero-order chi connectivity index (χ0) is 14.8. The fraction of sp³-hybridized carbons (Fsp3) is 0.824. The molecule has 0 amide bonds. The Balaban J connectivity index is 1.95. The summed E-state index contributed by atoms with van der Waals surface area (Å²) in [5, 5.41) is 5.12. The number of rotatable bonds is 4. The summed E-state index contributed by atoms with van der Waals surface area (Å²) in [5.74, 6) is 0. The predicted octanol–water partition coefficient (Wildman–Crippen LogP) is 5.03. The number of thioether (sulfide) groups is 1. The van der Waals surface area contributed by atoms with Crippen LogP contribution in [0.1, 0.15) is 71.1 Å². The molecule has 120 valence electrons. The highest BCUT2D eigenvalue weighted by molar-refractivity contribution is 7.99. The molecular weight excluding hydrogens is 280 g/mol. The third kappa shape index (κ3) is 6.43. The lowest BCUT2D eigenvalue weighted by molar-refractivity contribution is 0.412. The molecule has 0 saturated heterocycles. The molecule has 1 heterocycles. The molecule has 0 spiro atoms. The third-order valence-corrected chi connectivity index (χ3v) is 5.60. The van der Waals surface area contributed by atoms with E-state index in [1.165, 1.54) is 64.2 Å². The standard InChI is InChI=1S/C17H30N2OS/c1-2-18-15-11-9-7-5-3-4-6-8-10-12-16(15)21-17-19-13-14-20-17/h13-16,18H,2-12H2,1H3. The van der Waals surface area contributed by atoms with Crippen molar-refractivity contribution in [1.82, 2.24) is 10.3 Å². The van der Waals surface area contributed by atoms with E-state index in [9.17, 15) is 0 Å². The zero-order valence-electron chi connectivity index (χ0n) is 13.4. The molecule has 3 nitrogen and oxygen atoms in total. The van der Waals surface area contributed by atoms with Crippen LogP contribution in [0.15, 0.2) is 22.1 Å². The zero-order valence-corrected chi connectivity index (χ0v) is 14.2. The van der Waals surface area contributed by atoms with Crippen LogP contribution in [0.5, 0.6) is 0 Å². The molecular formula is C17H30N2OS. The van der Waals surface area contributed by atoms with E-state index >= 15 is 0 Å². The van der Waals surface area contributed by atoms with Gasteiger partial charge in [-0.25, -0.2) is 4.98 Å². The SMILES string of the molecule is CCNC1CCCCCCCCCCC1Sc1ncco1. The van der Waals surface area contributed by atoms with Crippen LogP contribution >= 0.6 is 11.8 Å². The second kappa shape index (κ2) is 10.3.